The summed E-state index contributed by atoms with van der Waals surface area (Å²) >= 11 is 0. The summed E-state index contributed by atoms with van der Waals surface area (Å²) in [5, 5.41) is 13.0. The number of carbonyl (C=O) groups is 2. The molecule has 212 valence electrons. The zero-order chi connectivity index (χ0) is 29.9. The van der Waals surface area contributed by atoms with Gasteiger partial charge in [0.15, 0.2) is 5.78 Å². The first-order valence-corrected chi connectivity index (χ1v) is 13.5. The molecule has 0 saturated heterocycles. The van der Waals surface area contributed by atoms with Crippen molar-refractivity contribution in [3.8, 4) is 22.7 Å². The summed E-state index contributed by atoms with van der Waals surface area (Å²) < 4.78 is 6.76. The average Bonchev–Trinajstić information content (AvgIpc) is 3.03. The molecule has 0 fully saturated rings. The standard InChI is InChI=1S/C25H22N2O2.C10H10O3/c1-18-8-6-7-11-24(18)27-25(28)21(16-19-12-14-22(29-2)15-13-19)17-23(26-27)20-9-4-3-5-10-20;11-9(6-7-10(12)13)8-4-2-1-3-5-8/h3-15,17H,16H2,1-2H3;1-5H,6-7H2,(H,12,13). The van der Waals surface area contributed by atoms with Gasteiger partial charge < -0.3 is 9.84 Å². The molecule has 0 radical (unpaired) electrons. The monoisotopic (exact) mass is 560 g/mol. The van der Waals surface area contributed by atoms with Crippen LogP contribution in [0.15, 0.2) is 120 Å². The first kappa shape index (κ1) is 29.7. The molecule has 0 aliphatic carbocycles. The second-order valence-electron chi connectivity index (χ2n) is 9.63. The number of para-hydroxylation sites is 1. The molecular formula is C35H32N2O5. The van der Waals surface area contributed by atoms with E-state index in [9.17, 15) is 14.4 Å². The van der Waals surface area contributed by atoms with Crippen molar-refractivity contribution >= 4 is 11.8 Å². The lowest BCUT2D eigenvalue weighted by Crippen LogP contribution is -2.26. The van der Waals surface area contributed by atoms with Crippen LogP contribution in [0.4, 0.5) is 0 Å². The number of Topliss-reactive ketones (excluding diaryl/α,β-unsaturated/α-hetero) is 1. The molecular weight excluding hydrogens is 528 g/mol. The van der Waals surface area contributed by atoms with Crippen LogP contribution >= 0.6 is 0 Å². The van der Waals surface area contributed by atoms with Gasteiger partial charge in [-0.15, -0.1) is 0 Å². The van der Waals surface area contributed by atoms with Gasteiger partial charge in [-0.1, -0.05) is 91.0 Å². The van der Waals surface area contributed by atoms with Gasteiger partial charge in [0.1, 0.15) is 5.75 Å². The molecule has 0 aliphatic heterocycles. The Morgan fingerprint density at radius 1 is 0.810 bits per heavy atom. The number of aliphatic carboxylic acids is 1. The summed E-state index contributed by atoms with van der Waals surface area (Å²) in [4.78, 5) is 34.8. The van der Waals surface area contributed by atoms with E-state index >= 15 is 0 Å². The Morgan fingerprint density at radius 2 is 1.43 bits per heavy atom. The molecule has 0 amide bonds. The molecule has 0 spiro atoms. The largest absolute Gasteiger partial charge is 0.497 e. The predicted molar refractivity (Wildman–Crippen MR) is 163 cm³/mol. The molecule has 7 nitrogen and oxygen atoms in total. The van der Waals surface area contributed by atoms with Gasteiger partial charge >= 0.3 is 5.97 Å². The van der Waals surface area contributed by atoms with Crippen molar-refractivity contribution in [2.75, 3.05) is 7.11 Å². The molecule has 0 saturated carbocycles. The second kappa shape index (κ2) is 14.4. The number of hydrogen-bond acceptors (Lipinski definition) is 5. The molecule has 7 heteroatoms. The van der Waals surface area contributed by atoms with Crippen molar-refractivity contribution in [2.24, 2.45) is 0 Å². The molecule has 1 N–H and O–H groups in total. The van der Waals surface area contributed by atoms with Crippen LogP contribution in [-0.2, 0) is 11.2 Å². The Morgan fingerprint density at radius 3 is 2.05 bits per heavy atom. The summed E-state index contributed by atoms with van der Waals surface area (Å²) in [7, 11) is 1.64. The summed E-state index contributed by atoms with van der Waals surface area (Å²) in [6.45, 7) is 1.99. The van der Waals surface area contributed by atoms with E-state index in [1.807, 2.05) is 97.9 Å². The quantitative estimate of drug-likeness (QED) is 0.206. The topological polar surface area (TPSA) is 98.5 Å². The van der Waals surface area contributed by atoms with Crippen molar-refractivity contribution < 1.29 is 19.4 Å². The zero-order valence-electron chi connectivity index (χ0n) is 23.6. The maximum Gasteiger partial charge on any atom is 0.303 e. The van der Waals surface area contributed by atoms with E-state index < -0.39 is 5.97 Å². The summed E-state index contributed by atoms with van der Waals surface area (Å²) in [6, 6.07) is 36.1. The third-order valence-electron chi connectivity index (χ3n) is 6.61. The fourth-order valence-corrected chi connectivity index (χ4v) is 4.34. The first-order chi connectivity index (χ1) is 20.4. The third kappa shape index (κ3) is 7.88. The summed E-state index contributed by atoms with van der Waals surface area (Å²) in [5.41, 5.74) is 5.77. The van der Waals surface area contributed by atoms with Gasteiger partial charge in [-0.05, 0) is 42.3 Å². The average molecular weight is 561 g/mol. The number of methoxy groups -OCH3 is 1. The highest BCUT2D eigenvalue weighted by molar-refractivity contribution is 5.97. The minimum Gasteiger partial charge on any atom is -0.497 e. The molecule has 0 aliphatic rings. The molecule has 1 heterocycles. The number of ether oxygens (including phenoxy) is 1. The number of nitrogens with zero attached hydrogens (tertiary/aromatic N) is 2. The lowest BCUT2D eigenvalue weighted by atomic mass is 10.0. The van der Waals surface area contributed by atoms with Gasteiger partial charge in [-0.25, -0.2) is 0 Å². The predicted octanol–water partition coefficient (Wildman–Crippen LogP) is 6.54. The van der Waals surface area contributed by atoms with Gasteiger partial charge in [0.05, 0.1) is 24.9 Å². The normalized spacial score (nSPS) is 10.3. The number of hydrogen-bond donors (Lipinski definition) is 1. The Hall–Kier alpha value is -5.30. The second-order valence-corrected chi connectivity index (χ2v) is 9.63. The Kier molecular flexibility index (Phi) is 10.2. The number of carbonyl (C=O) groups excluding carboxylic acids is 1. The van der Waals surface area contributed by atoms with Crippen LogP contribution in [0.5, 0.6) is 5.75 Å². The van der Waals surface area contributed by atoms with Crippen LogP contribution in [0.2, 0.25) is 0 Å². The minimum absolute atomic E-state index is 0.0688. The van der Waals surface area contributed by atoms with Crippen LogP contribution in [0.3, 0.4) is 0 Å². The number of ketones is 1. The van der Waals surface area contributed by atoms with Gasteiger partial charge in [0.25, 0.3) is 5.56 Å². The highest BCUT2D eigenvalue weighted by Crippen LogP contribution is 2.20. The number of carboxylic acid groups (broad SMARTS) is 1. The Balaban J connectivity index is 0.000000262. The van der Waals surface area contributed by atoms with Crippen LogP contribution in [0.25, 0.3) is 16.9 Å². The van der Waals surface area contributed by atoms with Crippen molar-refractivity contribution in [3.05, 3.63) is 148 Å². The van der Waals surface area contributed by atoms with Crippen molar-refractivity contribution in [2.45, 2.75) is 26.2 Å². The van der Waals surface area contributed by atoms with Crippen LogP contribution in [-0.4, -0.2) is 33.7 Å². The number of benzene rings is 4. The Bertz CT molecular complexity index is 1700. The summed E-state index contributed by atoms with van der Waals surface area (Å²) in [5.74, 6) is -0.266. The summed E-state index contributed by atoms with van der Waals surface area (Å²) in [6.07, 6.45) is 0.490. The maximum atomic E-state index is 13.3. The van der Waals surface area contributed by atoms with Crippen molar-refractivity contribution in [1.29, 1.82) is 0 Å². The van der Waals surface area contributed by atoms with Crippen LogP contribution < -0.4 is 10.3 Å². The molecule has 0 atom stereocenters. The van der Waals surface area contributed by atoms with Gasteiger partial charge in [0, 0.05) is 29.5 Å². The van der Waals surface area contributed by atoms with E-state index in [4.69, 9.17) is 9.84 Å². The third-order valence-corrected chi connectivity index (χ3v) is 6.61. The fourth-order valence-electron chi connectivity index (χ4n) is 4.34. The van der Waals surface area contributed by atoms with Crippen LogP contribution in [0.1, 0.15) is 39.9 Å². The molecule has 42 heavy (non-hydrogen) atoms. The number of aryl methyl sites for hydroxylation is 1. The SMILES string of the molecule is COc1ccc(Cc2cc(-c3ccccc3)nn(-c3ccccc3C)c2=O)cc1.O=C(O)CCC(=O)c1ccccc1. The van der Waals surface area contributed by atoms with Gasteiger partial charge in [0.2, 0.25) is 0 Å². The lowest BCUT2D eigenvalue weighted by Gasteiger charge is -2.13. The van der Waals surface area contributed by atoms with E-state index in [2.05, 4.69) is 5.10 Å². The van der Waals surface area contributed by atoms with E-state index in [1.54, 1.807) is 31.4 Å². The van der Waals surface area contributed by atoms with Crippen molar-refractivity contribution in [3.63, 3.8) is 0 Å². The zero-order valence-corrected chi connectivity index (χ0v) is 23.6. The van der Waals surface area contributed by atoms with Gasteiger partial charge in [-0.3, -0.25) is 14.4 Å². The maximum absolute atomic E-state index is 13.3. The van der Waals surface area contributed by atoms with Crippen molar-refractivity contribution in [1.82, 2.24) is 9.78 Å². The smallest absolute Gasteiger partial charge is 0.303 e. The molecule has 0 unspecified atom stereocenters. The van der Waals surface area contributed by atoms with Crippen LogP contribution in [0, 0.1) is 6.92 Å². The van der Waals surface area contributed by atoms with E-state index in [0.717, 1.165) is 33.8 Å². The van der Waals surface area contributed by atoms with E-state index in [0.29, 0.717) is 17.5 Å². The van der Waals surface area contributed by atoms with Gasteiger partial charge in [-0.2, -0.15) is 9.78 Å². The molecule has 1 aromatic heterocycles. The molecule has 5 aromatic rings. The van der Waals surface area contributed by atoms with E-state index in [-0.39, 0.29) is 24.2 Å². The highest BCUT2D eigenvalue weighted by atomic mass is 16.5. The first-order valence-electron chi connectivity index (χ1n) is 13.5. The number of carboxylic acids is 1. The molecule has 0 bridgehead atoms. The number of aromatic nitrogens is 2. The molecule has 5 rings (SSSR count). The lowest BCUT2D eigenvalue weighted by molar-refractivity contribution is -0.136. The Labute approximate surface area is 244 Å². The minimum atomic E-state index is -0.940. The number of rotatable bonds is 9. The highest BCUT2D eigenvalue weighted by Gasteiger charge is 2.13. The fraction of sp³-hybridized carbons (Fsp3) is 0.143. The van der Waals surface area contributed by atoms with E-state index in [1.165, 1.54) is 4.68 Å². The molecule has 4 aromatic carbocycles.